The molecule has 0 saturated carbocycles. The number of carbonyl (C=O) groups is 1. The molecule has 0 aromatic rings. The molecular formula is C12H25N3O. The summed E-state index contributed by atoms with van der Waals surface area (Å²) in [6.45, 7) is 8.22. The molecule has 0 aromatic heterocycles. The number of rotatable bonds is 5. The summed E-state index contributed by atoms with van der Waals surface area (Å²) in [6, 6.07) is 0. The number of nitrogens with two attached hydrogens (primary N) is 1. The summed E-state index contributed by atoms with van der Waals surface area (Å²) < 4.78 is 0. The smallest absolute Gasteiger partial charge is 0.233 e. The number of amides is 1. The molecule has 1 saturated heterocycles. The normalized spacial score (nSPS) is 26.7. The van der Waals surface area contributed by atoms with E-state index in [1.54, 1.807) is 0 Å². The fourth-order valence-corrected chi connectivity index (χ4v) is 2.25. The van der Waals surface area contributed by atoms with Gasteiger partial charge >= 0.3 is 0 Å². The molecule has 3 N–H and O–H groups in total. The minimum Gasteiger partial charge on any atom is -0.303 e. The summed E-state index contributed by atoms with van der Waals surface area (Å²) in [5.41, 5.74) is 2.16. The van der Waals surface area contributed by atoms with Crippen LogP contribution in [0.2, 0.25) is 0 Å². The van der Waals surface area contributed by atoms with Crippen molar-refractivity contribution in [2.75, 3.05) is 19.6 Å². The molecule has 1 amide bonds. The van der Waals surface area contributed by atoms with Gasteiger partial charge in [0.05, 0.1) is 0 Å². The first-order chi connectivity index (χ1) is 7.63. The SMILES string of the molecule is CC1CCN(CCCCC(=O)NN)CC1C. The Hall–Kier alpha value is -0.610. The minimum atomic E-state index is -0.0550. The van der Waals surface area contributed by atoms with Crippen LogP contribution in [0.5, 0.6) is 0 Å². The number of likely N-dealkylation sites (tertiary alicyclic amines) is 1. The lowest BCUT2D eigenvalue weighted by atomic mass is 9.88. The van der Waals surface area contributed by atoms with Crippen LogP contribution in [0.25, 0.3) is 0 Å². The van der Waals surface area contributed by atoms with Gasteiger partial charge in [0.1, 0.15) is 0 Å². The Morgan fingerprint density at radius 3 is 2.75 bits per heavy atom. The van der Waals surface area contributed by atoms with Gasteiger partial charge in [-0.25, -0.2) is 5.84 Å². The zero-order chi connectivity index (χ0) is 12.0. The predicted molar refractivity (Wildman–Crippen MR) is 65.6 cm³/mol. The number of unbranched alkanes of at least 4 members (excludes halogenated alkanes) is 1. The van der Waals surface area contributed by atoms with Crippen LogP contribution in [0.1, 0.15) is 39.5 Å². The fraction of sp³-hybridized carbons (Fsp3) is 0.917. The lowest BCUT2D eigenvalue weighted by Gasteiger charge is -2.35. The molecular weight excluding hydrogens is 202 g/mol. The summed E-state index contributed by atoms with van der Waals surface area (Å²) >= 11 is 0. The van der Waals surface area contributed by atoms with Crippen LogP contribution in [0.3, 0.4) is 0 Å². The molecule has 2 atom stereocenters. The van der Waals surface area contributed by atoms with Gasteiger partial charge in [-0.2, -0.15) is 0 Å². The van der Waals surface area contributed by atoms with Crippen molar-refractivity contribution in [3.8, 4) is 0 Å². The summed E-state index contributed by atoms with van der Waals surface area (Å²) in [5.74, 6) is 6.63. The molecule has 94 valence electrons. The molecule has 0 aromatic carbocycles. The van der Waals surface area contributed by atoms with Gasteiger partial charge in [-0.3, -0.25) is 10.2 Å². The van der Waals surface area contributed by atoms with E-state index in [2.05, 4.69) is 24.2 Å². The van der Waals surface area contributed by atoms with Gasteiger partial charge in [-0.15, -0.1) is 0 Å². The number of nitrogens with zero attached hydrogens (tertiary/aromatic N) is 1. The van der Waals surface area contributed by atoms with Gasteiger partial charge in [0.15, 0.2) is 0 Å². The zero-order valence-corrected chi connectivity index (χ0v) is 10.5. The maximum absolute atomic E-state index is 10.9. The van der Waals surface area contributed by atoms with Gasteiger partial charge in [0.25, 0.3) is 0 Å². The zero-order valence-electron chi connectivity index (χ0n) is 10.5. The summed E-state index contributed by atoms with van der Waals surface area (Å²) in [6.07, 6.45) is 3.89. The Kier molecular flexibility index (Phi) is 5.77. The quantitative estimate of drug-likeness (QED) is 0.320. The topological polar surface area (TPSA) is 58.4 Å². The summed E-state index contributed by atoms with van der Waals surface area (Å²) in [7, 11) is 0. The van der Waals surface area contributed by atoms with Gasteiger partial charge in [0, 0.05) is 13.0 Å². The second-order valence-corrected chi connectivity index (χ2v) is 5.07. The van der Waals surface area contributed by atoms with Crippen LogP contribution >= 0.6 is 0 Å². The third kappa shape index (κ3) is 4.49. The molecule has 4 heteroatoms. The maximum Gasteiger partial charge on any atom is 0.233 e. The second kappa shape index (κ2) is 6.86. The number of hydrogen-bond acceptors (Lipinski definition) is 3. The van der Waals surface area contributed by atoms with E-state index in [1.165, 1.54) is 19.5 Å². The maximum atomic E-state index is 10.9. The van der Waals surface area contributed by atoms with E-state index in [0.717, 1.165) is 31.2 Å². The molecule has 0 aliphatic carbocycles. The molecule has 16 heavy (non-hydrogen) atoms. The number of carbonyl (C=O) groups excluding carboxylic acids is 1. The third-order valence-electron chi connectivity index (χ3n) is 3.71. The van der Waals surface area contributed by atoms with Crippen LogP contribution in [-0.4, -0.2) is 30.4 Å². The first-order valence-electron chi connectivity index (χ1n) is 6.35. The molecule has 4 nitrogen and oxygen atoms in total. The van der Waals surface area contributed by atoms with Gasteiger partial charge in [-0.1, -0.05) is 13.8 Å². The minimum absolute atomic E-state index is 0.0550. The lowest BCUT2D eigenvalue weighted by Crippen LogP contribution is -2.38. The number of hydrogen-bond donors (Lipinski definition) is 2. The highest BCUT2D eigenvalue weighted by Crippen LogP contribution is 2.22. The third-order valence-corrected chi connectivity index (χ3v) is 3.71. The molecule has 2 unspecified atom stereocenters. The summed E-state index contributed by atoms with van der Waals surface area (Å²) in [5, 5.41) is 0. The van der Waals surface area contributed by atoms with Crippen LogP contribution in [0.15, 0.2) is 0 Å². The van der Waals surface area contributed by atoms with Crippen molar-refractivity contribution >= 4 is 5.91 Å². The Bertz CT molecular complexity index is 220. The largest absolute Gasteiger partial charge is 0.303 e. The molecule has 0 spiro atoms. The van der Waals surface area contributed by atoms with Crippen molar-refractivity contribution in [1.82, 2.24) is 10.3 Å². The summed E-state index contributed by atoms with van der Waals surface area (Å²) in [4.78, 5) is 13.4. The van der Waals surface area contributed by atoms with Crippen molar-refractivity contribution in [2.45, 2.75) is 39.5 Å². The van der Waals surface area contributed by atoms with Gasteiger partial charge < -0.3 is 4.90 Å². The average Bonchev–Trinajstić information content (AvgIpc) is 2.28. The van der Waals surface area contributed by atoms with E-state index >= 15 is 0 Å². The highest BCUT2D eigenvalue weighted by Gasteiger charge is 2.21. The predicted octanol–water partition coefficient (Wildman–Crippen LogP) is 1.12. The highest BCUT2D eigenvalue weighted by molar-refractivity contribution is 5.75. The van der Waals surface area contributed by atoms with Crippen LogP contribution < -0.4 is 11.3 Å². The molecule has 1 aliphatic rings. The van der Waals surface area contributed by atoms with E-state index in [9.17, 15) is 4.79 Å². The first-order valence-corrected chi connectivity index (χ1v) is 6.35. The van der Waals surface area contributed by atoms with Gasteiger partial charge in [0.2, 0.25) is 5.91 Å². The molecule has 1 fully saturated rings. The van der Waals surface area contributed by atoms with Crippen molar-refractivity contribution in [3.63, 3.8) is 0 Å². The van der Waals surface area contributed by atoms with E-state index in [4.69, 9.17) is 5.84 Å². The standard InChI is InChI=1S/C12H25N3O/c1-10-6-8-15(9-11(10)2)7-4-3-5-12(16)14-13/h10-11H,3-9,13H2,1-2H3,(H,14,16). The molecule has 1 heterocycles. The second-order valence-electron chi connectivity index (χ2n) is 5.07. The Labute approximate surface area is 98.5 Å². The van der Waals surface area contributed by atoms with Crippen molar-refractivity contribution in [2.24, 2.45) is 17.7 Å². The van der Waals surface area contributed by atoms with Crippen LogP contribution in [0.4, 0.5) is 0 Å². The average molecular weight is 227 g/mol. The van der Waals surface area contributed by atoms with E-state index in [-0.39, 0.29) is 5.91 Å². The van der Waals surface area contributed by atoms with Crippen molar-refractivity contribution in [1.29, 1.82) is 0 Å². The van der Waals surface area contributed by atoms with Gasteiger partial charge in [-0.05, 0) is 44.2 Å². The molecule has 1 rings (SSSR count). The molecule has 0 bridgehead atoms. The van der Waals surface area contributed by atoms with Crippen molar-refractivity contribution < 1.29 is 4.79 Å². The Balaban J connectivity index is 2.07. The van der Waals surface area contributed by atoms with E-state index in [0.29, 0.717) is 6.42 Å². The monoisotopic (exact) mass is 227 g/mol. The Morgan fingerprint density at radius 2 is 2.12 bits per heavy atom. The van der Waals surface area contributed by atoms with E-state index in [1.807, 2.05) is 0 Å². The fourth-order valence-electron chi connectivity index (χ4n) is 2.25. The number of nitrogens with one attached hydrogen (secondary N) is 1. The number of piperidine rings is 1. The number of hydrazine groups is 1. The molecule has 0 radical (unpaired) electrons. The van der Waals surface area contributed by atoms with E-state index < -0.39 is 0 Å². The lowest BCUT2D eigenvalue weighted by molar-refractivity contribution is -0.121. The van der Waals surface area contributed by atoms with Crippen LogP contribution in [-0.2, 0) is 4.79 Å². The van der Waals surface area contributed by atoms with Crippen molar-refractivity contribution in [3.05, 3.63) is 0 Å². The Morgan fingerprint density at radius 1 is 1.38 bits per heavy atom. The first kappa shape index (κ1) is 13.5. The molecule has 1 aliphatic heterocycles. The van der Waals surface area contributed by atoms with Crippen LogP contribution in [0, 0.1) is 11.8 Å². The highest BCUT2D eigenvalue weighted by atomic mass is 16.2.